The number of hydrogen-bond acceptors (Lipinski definition) is 8. The Hall–Kier alpha value is -3.18. The fourth-order valence-electron chi connectivity index (χ4n) is 2.96. The van der Waals surface area contributed by atoms with E-state index in [0.717, 1.165) is 18.4 Å². The molecule has 168 valence electrons. The fourth-order valence-corrected chi connectivity index (χ4v) is 3.82. The molecule has 32 heavy (non-hydrogen) atoms. The van der Waals surface area contributed by atoms with Gasteiger partial charge in [-0.3, -0.25) is 9.79 Å². The molecule has 7 nitrogen and oxygen atoms in total. The number of nitrogens with zero attached hydrogens (tertiary/aromatic N) is 3. The first-order chi connectivity index (χ1) is 15.3. The number of halogens is 4. The molecule has 0 amide bonds. The number of thiazole rings is 1. The average molecular weight is 484 g/mol. The van der Waals surface area contributed by atoms with Crippen molar-refractivity contribution in [1.82, 2.24) is 10.3 Å². The van der Waals surface area contributed by atoms with Crippen molar-refractivity contribution in [1.29, 1.82) is 0 Å². The molecule has 2 heterocycles. The quantitative estimate of drug-likeness (QED) is 0.352. The number of carbonyl (C=O) groups is 1. The van der Waals surface area contributed by atoms with E-state index in [4.69, 9.17) is 22.1 Å². The van der Waals surface area contributed by atoms with Crippen molar-refractivity contribution >= 4 is 41.0 Å². The van der Waals surface area contributed by atoms with E-state index >= 15 is 0 Å². The van der Waals surface area contributed by atoms with Crippen LogP contribution in [0.1, 0.15) is 23.0 Å². The normalized spacial score (nSPS) is 17.0. The van der Waals surface area contributed by atoms with Crippen LogP contribution in [0, 0.1) is 5.82 Å². The van der Waals surface area contributed by atoms with Gasteiger partial charge >= 0.3 is 12.5 Å². The fraction of sp³-hybridized carbons (Fsp3) is 0.200. The van der Waals surface area contributed by atoms with Gasteiger partial charge < -0.3 is 15.8 Å². The van der Waals surface area contributed by atoms with Crippen LogP contribution in [-0.2, 0) is 9.53 Å². The maximum absolute atomic E-state index is 13.7. The maximum atomic E-state index is 13.7. The number of carbonyl (C=O) groups excluding carboxylic acids is 1. The van der Waals surface area contributed by atoms with Gasteiger partial charge in [0.2, 0.25) is 0 Å². The van der Waals surface area contributed by atoms with Gasteiger partial charge in [-0.25, -0.2) is 14.4 Å². The zero-order chi connectivity index (χ0) is 23.3. The van der Waals surface area contributed by atoms with Crippen molar-refractivity contribution in [3.63, 3.8) is 0 Å². The van der Waals surface area contributed by atoms with Gasteiger partial charge in [-0.1, -0.05) is 17.7 Å². The summed E-state index contributed by atoms with van der Waals surface area (Å²) >= 11 is 7.59. The van der Waals surface area contributed by atoms with Crippen molar-refractivity contribution in [2.75, 3.05) is 7.11 Å². The van der Waals surface area contributed by atoms with Crippen LogP contribution in [0.25, 0.3) is 0 Å². The Morgan fingerprint density at radius 2 is 2.25 bits per heavy atom. The highest BCUT2D eigenvalue weighted by molar-refractivity contribution is 7.11. The van der Waals surface area contributed by atoms with Crippen molar-refractivity contribution < 1.29 is 22.7 Å². The molecule has 3 rings (SSSR count). The number of rotatable bonds is 7. The summed E-state index contributed by atoms with van der Waals surface area (Å²) in [5.41, 5.74) is 7.18. The van der Waals surface area contributed by atoms with Crippen molar-refractivity contribution in [2.45, 2.75) is 19.0 Å². The topological polar surface area (TPSA) is 102 Å². The second-order valence-corrected chi connectivity index (χ2v) is 7.65. The molecule has 0 radical (unpaired) electrons. The van der Waals surface area contributed by atoms with E-state index in [1.54, 1.807) is 11.6 Å². The Bertz CT molecular complexity index is 1120. The minimum absolute atomic E-state index is 0.00753. The lowest BCUT2D eigenvalue weighted by molar-refractivity contribution is -0.139. The third-order valence-electron chi connectivity index (χ3n) is 4.33. The van der Waals surface area contributed by atoms with Gasteiger partial charge in [0.15, 0.2) is 10.8 Å². The van der Waals surface area contributed by atoms with Crippen LogP contribution in [0.2, 0.25) is 5.02 Å². The smallest absolute Gasteiger partial charge is 0.331 e. The molecule has 1 aliphatic heterocycles. The molecule has 0 spiro atoms. The number of aliphatic imine (C=N–C) groups is 2. The molecule has 1 aliphatic rings. The molecule has 3 N–H and O–H groups in total. The number of esters is 1. The monoisotopic (exact) mass is 483 g/mol. The molecule has 12 heteroatoms. The van der Waals surface area contributed by atoms with E-state index in [1.165, 1.54) is 30.6 Å². The second kappa shape index (κ2) is 10.4. The molecule has 1 atom stereocenters. The molecule has 0 unspecified atom stereocenters. The number of methoxy groups -OCH3 is 1. The van der Waals surface area contributed by atoms with Gasteiger partial charge in [0, 0.05) is 45.3 Å². The molecule has 0 fully saturated rings. The summed E-state index contributed by atoms with van der Waals surface area (Å²) in [6.07, 6.45) is 3.37. The number of aromatic nitrogens is 1. The number of ether oxygens (including phenoxy) is 1. The second-order valence-electron chi connectivity index (χ2n) is 6.35. The first-order valence-corrected chi connectivity index (χ1v) is 10.3. The number of nitrogens with one attached hydrogen (secondary N) is 1. The van der Waals surface area contributed by atoms with E-state index < -0.39 is 24.4 Å². The van der Waals surface area contributed by atoms with Gasteiger partial charge in [-0.2, -0.15) is 8.78 Å². The average Bonchev–Trinajstić information content (AvgIpc) is 3.27. The van der Waals surface area contributed by atoms with Crippen molar-refractivity contribution in [3.05, 3.63) is 74.2 Å². The predicted molar refractivity (Wildman–Crippen MR) is 116 cm³/mol. The number of nitrogens with two attached hydrogens (primary N) is 1. The molecule has 0 saturated carbocycles. The van der Waals surface area contributed by atoms with Gasteiger partial charge in [-0.05, 0) is 18.2 Å². The van der Waals surface area contributed by atoms with E-state index in [1.807, 2.05) is 0 Å². The summed E-state index contributed by atoms with van der Waals surface area (Å²) < 4.78 is 43.3. The zero-order valence-corrected chi connectivity index (χ0v) is 18.1. The molecular weight excluding hydrogens is 467 g/mol. The highest BCUT2D eigenvalue weighted by atomic mass is 35.5. The Labute approximate surface area is 190 Å². The SMILES string of the molecule is COC(=O)CC1=C(C(N)=CC=NC(F)F)[C@H](c2ccc(F)cc2Cl)N=C(c2nccs2)N1. The van der Waals surface area contributed by atoms with E-state index in [2.05, 4.69) is 20.3 Å². The third kappa shape index (κ3) is 5.54. The summed E-state index contributed by atoms with van der Waals surface area (Å²) in [5, 5.41) is 5.37. The molecule has 0 bridgehead atoms. The van der Waals surface area contributed by atoms with Crippen molar-refractivity contribution in [3.8, 4) is 0 Å². The van der Waals surface area contributed by atoms with Crippen LogP contribution in [0.15, 0.2) is 62.8 Å². The number of benzene rings is 1. The summed E-state index contributed by atoms with van der Waals surface area (Å²) in [5.74, 6) is -0.796. The molecule has 0 saturated heterocycles. The first-order valence-electron chi connectivity index (χ1n) is 9.07. The van der Waals surface area contributed by atoms with Crippen LogP contribution >= 0.6 is 22.9 Å². The Balaban J connectivity index is 2.20. The lowest BCUT2D eigenvalue weighted by Crippen LogP contribution is -2.34. The van der Waals surface area contributed by atoms with E-state index in [0.29, 0.717) is 22.1 Å². The van der Waals surface area contributed by atoms with E-state index in [-0.39, 0.29) is 22.7 Å². The number of alkyl halides is 2. The van der Waals surface area contributed by atoms with Gasteiger partial charge in [0.1, 0.15) is 11.9 Å². The minimum atomic E-state index is -2.91. The largest absolute Gasteiger partial charge is 0.469 e. The third-order valence-corrected chi connectivity index (χ3v) is 5.44. The van der Waals surface area contributed by atoms with Crippen LogP contribution in [-0.4, -0.2) is 36.7 Å². The maximum Gasteiger partial charge on any atom is 0.331 e. The number of amidine groups is 1. The summed E-state index contributed by atoms with van der Waals surface area (Å²) in [4.78, 5) is 23.9. The molecule has 2 aromatic rings. The van der Waals surface area contributed by atoms with Gasteiger partial charge in [0.05, 0.1) is 13.5 Å². The number of hydrogen-bond donors (Lipinski definition) is 2. The minimum Gasteiger partial charge on any atom is -0.469 e. The number of allylic oxidation sites excluding steroid dienone is 1. The zero-order valence-electron chi connectivity index (χ0n) is 16.6. The summed E-state index contributed by atoms with van der Waals surface area (Å²) in [7, 11) is 1.23. The van der Waals surface area contributed by atoms with Crippen LogP contribution in [0.4, 0.5) is 13.2 Å². The van der Waals surface area contributed by atoms with Crippen LogP contribution in [0.5, 0.6) is 0 Å². The Morgan fingerprint density at radius 1 is 1.47 bits per heavy atom. The highest BCUT2D eigenvalue weighted by Gasteiger charge is 2.31. The Kier molecular flexibility index (Phi) is 7.65. The lowest BCUT2D eigenvalue weighted by atomic mass is 9.92. The summed E-state index contributed by atoms with van der Waals surface area (Å²) in [6, 6.07) is 2.87. The van der Waals surface area contributed by atoms with Gasteiger partial charge in [-0.15, -0.1) is 11.3 Å². The first kappa shape index (κ1) is 23.5. The standard InChI is InChI=1S/C20H17ClF3N5O2S/c1-31-15(30)9-14-16(13(25)4-5-27-20(23)24)17(11-3-2-10(22)8-12(11)21)29-18(28-14)19-26-6-7-32-19/h2-8,17,20H,9,25H2,1H3,(H,28,29)/t17-/m0/s1. The van der Waals surface area contributed by atoms with Crippen molar-refractivity contribution in [2.24, 2.45) is 15.7 Å². The molecular formula is C20H17ClF3N5O2S. The molecule has 0 aliphatic carbocycles. The molecule has 1 aromatic heterocycles. The van der Waals surface area contributed by atoms with Crippen LogP contribution < -0.4 is 11.1 Å². The van der Waals surface area contributed by atoms with Crippen LogP contribution in [0.3, 0.4) is 0 Å². The van der Waals surface area contributed by atoms with E-state index in [9.17, 15) is 18.0 Å². The molecule has 1 aromatic carbocycles. The predicted octanol–water partition coefficient (Wildman–Crippen LogP) is 3.98. The Morgan fingerprint density at radius 3 is 2.88 bits per heavy atom. The van der Waals surface area contributed by atoms with Gasteiger partial charge in [0.25, 0.3) is 0 Å². The summed E-state index contributed by atoms with van der Waals surface area (Å²) in [6.45, 7) is -2.91. The lowest BCUT2D eigenvalue weighted by Gasteiger charge is -2.28. The highest BCUT2D eigenvalue weighted by Crippen LogP contribution is 2.38.